The summed E-state index contributed by atoms with van der Waals surface area (Å²) in [6.07, 6.45) is 5.27. The van der Waals surface area contributed by atoms with Gasteiger partial charge in [0.25, 0.3) is 5.91 Å². The Morgan fingerprint density at radius 1 is 1.16 bits per heavy atom. The number of thioether (sulfide) groups is 1. The maximum absolute atomic E-state index is 12.5. The fraction of sp³-hybridized carbons (Fsp3) is 0.211. The van der Waals surface area contributed by atoms with Crippen LogP contribution in [0.25, 0.3) is 5.69 Å². The second kappa shape index (κ2) is 7.11. The molecule has 6 heteroatoms. The van der Waals surface area contributed by atoms with Crippen LogP contribution in [0.1, 0.15) is 27.2 Å². The molecule has 3 rings (SSSR count). The molecule has 0 aliphatic rings. The molecule has 0 fully saturated rings. The molecule has 0 saturated heterocycles. The average molecular weight is 352 g/mol. The molecule has 1 aromatic carbocycles. The van der Waals surface area contributed by atoms with Crippen LogP contribution in [0.5, 0.6) is 0 Å². The molecule has 0 spiro atoms. The highest BCUT2D eigenvalue weighted by Gasteiger charge is 2.14. The Bertz CT molecular complexity index is 933. The van der Waals surface area contributed by atoms with E-state index in [1.54, 1.807) is 24.5 Å². The summed E-state index contributed by atoms with van der Waals surface area (Å²) in [6.45, 7) is 6.05. The Hall–Kier alpha value is -2.60. The van der Waals surface area contributed by atoms with Crippen LogP contribution in [-0.4, -0.2) is 26.9 Å². The maximum atomic E-state index is 12.5. The van der Waals surface area contributed by atoms with Gasteiger partial charge >= 0.3 is 0 Å². The van der Waals surface area contributed by atoms with E-state index in [2.05, 4.69) is 47.4 Å². The number of nitrogens with zero attached hydrogens (tertiary/aromatic N) is 3. The summed E-state index contributed by atoms with van der Waals surface area (Å²) in [5.74, 6) is -0.165. The number of anilines is 1. The van der Waals surface area contributed by atoms with Gasteiger partial charge in [0.15, 0.2) is 0 Å². The molecule has 0 atom stereocenters. The standard InChI is InChI=1S/C19H20N4OS/c1-12-5-6-13(2)17(9-12)23-14(3)16(11-21-23)22-19(24)15-7-8-20-18(10-15)25-4/h5-11H,1-4H3,(H,22,24). The van der Waals surface area contributed by atoms with Crippen molar-refractivity contribution in [1.29, 1.82) is 0 Å². The molecule has 3 aromatic rings. The molecular formula is C19H20N4OS. The zero-order chi connectivity index (χ0) is 18.0. The van der Waals surface area contributed by atoms with Gasteiger partial charge in [0.05, 0.1) is 28.3 Å². The highest BCUT2D eigenvalue weighted by molar-refractivity contribution is 7.98. The number of nitrogens with one attached hydrogen (secondary N) is 1. The zero-order valence-electron chi connectivity index (χ0n) is 14.7. The van der Waals surface area contributed by atoms with Crippen LogP contribution < -0.4 is 5.32 Å². The van der Waals surface area contributed by atoms with Gasteiger partial charge in [-0.05, 0) is 56.4 Å². The molecule has 1 N–H and O–H groups in total. The highest BCUT2D eigenvalue weighted by atomic mass is 32.2. The van der Waals surface area contributed by atoms with Gasteiger partial charge in [-0.3, -0.25) is 4.79 Å². The molecule has 2 aromatic heterocycles. The van der Waals surface area contributed by atoms with Gasteiger partial charge < -0.3 is 5.32 Å². The zero-order valence-corrected chi connectivity index (χ0v) is 15.5. The lowest BCUT2D eigenvalue weighted by Gasteiger charge is -2.10. The van der Waals surface area contributed by atoms with E-state index in [-0.39, 0.29) is 5.91 Å². The van der Waals surface area contributed by atoms with Crippen molar-refractivity contribution in [2.75, 3.05) is 11.6 Å². The van der Waals surface area contributed by atoms with E-state index in [1.807, 2.05) is 17.9 Å². The van der Waals surface area contributed by atoms with Crippen molar-refractivity contribution >= 4 is 23.4 Å². The number of benzene rings is 1. The normalized spacial score (nSPS) is 10.7. The summed E-state index contributed by atoms with van der Waals surface area (Å²) in [7, 11) is 0. The van der Waals surface area contributed by atoms with Crippen LogP contribution >= 0.6 is 11.8 Å². The van der Waals surface area contributed by atoms with Gasteiger partial charge in [0, 0.05) is 11.8 Å². The average Bonchev–Trinajstić information content (AvgIpc) is 2.97. The number of pyridine rings is 1. The molecule has 5 nitrogen and oxygen atoms in total. The number of hydrogen-bond donors (Lipinski definition) is 1. The number of rotatable bonds is 4. The van der Waals surface area contributed by atoms with Crippen LogP contribution in [-0.2, 0) is 0 Å². The van der Waals surface area contributed by atoms with E-state index in [1.165, 1.54) is 17.3 Å². The molecule has 0 radical (unpaired) electrons. The number of carbonyl (C=O) groups excluding carboxylic acids is 1. The molecule has 25 heavy (non-hydrogen) atoms. The van der Waals surface area contributed by atoms with Gasteiger partial charge in [-0.2, -0.15) is 5.10 Å². The van der Waals surface area contributed by atoms with Crippen molar-refractivity contribution in [3.8, 4) is 5.69 Å². The first-order chi connectivity index (χ1) is 12.0. The smallest absolute Gasteiger partial charge is 0.255 e. The molecule has 0 saturated carbocycles. The molecule has 0 aliphatic heterocycles. The van der Waals surface area contributed by atoms with E-state index in [9.17, 15) is 4.79 Å². The Kier molecular flexibility index (Phi) is 4.90. The third-order valence-electron chi connectivity index (χ3n) is 4.06. The summed E-state index contributed by atoms with van der Waals surface area (Å²) in [5, 5.41) is 8.21. The summed E-state index contributed by atoms with van der Waals surface area (Å²) in [5.41, 5.74) is 5.50. The fourth-order valence-corrected chi connectivity index (χ4v) is 2.99. The Morgan fingerprint density at radius 3 is 2.72 bits per heavy atom. The van der Waals surface area contributed by atoms with Crippen molar-refractivity contribution in [1.82, 2.24) is 14.8 Å². The van der Waals surface area contributed by atoms with Crippen LogP contribution in [0.3, 0.4) is 0 Å². The molecule has 2 heterocycles. The second-order valence-corrected chi connectivity index (χ2v) is 6.71. The van der Waals surface area contributed by atoms with Crippen LogP contribution in [0.15, 0.2) is 47.8 Å². The number of amides is 1. The maximum Gasteiger partial charge on any atom is 0.255 e. The summed E-state index contributed by atoms with van der Waals surface area (Å²) in [6, 6.07) is 9.73. The number of hydrogen-bond acceptors (Lipinski definition) is 4. The molecule has 0 unspecified atom stereocenters. The van der Waals surface area contributed by atoms with Gasteiger partial charge in [-0.1, -0.05) is 12.1 Å². The third kappa shape index (κ3) is 3.58. The first-order valence-electron chi connectivity index (χ1n) is 7.93. The molecule has 0 aliphatic carbocycles. The van der Waals surface area contributed by atoms with Crippen LogP contribution in [0, 0.1) is 20.8 Å². The number of carbonyl (C=O) groups is 1. The Morgan fingerprint density at radius 2 is 1.96 bits per heavy atom. The summed E-state index contributed by atoms with van der Waals surface area (Å²) >= 11 is 1.51. The van der Waals surface area contributed by atoms with Gasteiger partial charge in [-0.15, -0.1) is 11.8 Å². The first kappa shape index (κ1) is 17.2. The summed E-state index contributed by atoms with van der Waals surface area (Å²) < 4.78 is 1.86. The lowest BCUT2D eigenvalue weighted by atomic mass is 10.1. The van der Waals surface area contributed by atoms with Crippen molar-refractivity contribution in [2.45, 2.75) is 25.8 Å². The quantitative estimate of drug-likeness (QED) is 0.716. The number of aryl methyl sites for hydroxylation is 2. The molecular weight excluding hydrogens is 332 g/mol. The van der Waals surface area contributed by atoms with E-state index in [0.29, 0.717) is 11.3 Å². The Balaban J connectivity index is 1.88. The van der Waals surface area contributed by atoms with Crippen molar-refractivity contribution < 1.29 is 4.79 Å². The van der Waals surface area contributed by atoms with Crippen LogP contribution in [0.2, 0.25) is 0 Å². The number of aromatic nitrogens is 3. The predicted octanol–water partition coefficient (Wildman–Crippen LogP) is 4.17. The lowest BCUT2D eigenvalue weighted by Crippen LogP contribution is -2.13. The second-order valence-electron chi connectivity index (χ2n) is 5.89. The first-order valence-corrected chi connectivity index (χ1v) is 9.15. The minimum atomic E-state index is -0.165. The van der Waals surface area contributed by atoms with Gasteiger partial charge in [0.1, 0.15) is 0 Å². The highest BCUT2D eigenvalue weighted by Crippen LogP contribution is 2.22. The topological polar surface area (TPSA) is 59.8 Å². The van der Waals surface area contributed by atoms with E-state index < -0.39 is 0 Å². The van der Waals surface area contributed by atoms with E-state index in [0.717, 1.165) is 22.0 Å². The van der Waals surface area contributed by atoms with Crippen molar-refractivity contribution in [2.24, 2.45) is 0 Å². The Labute approximate surface area is 151 Å². The van der Waals surface area contributed by atoms with E-state index >= 15 is 0 Å². The summed E-state index contributed by atoms with van der Waals surface area (Å²) in [4.78, 5) is 16.7. The van der Waals surface area contributed by atoms with E-state index in [4.69, 9.17) is 0 Å². The lowest BCUT2D eigenvalue weighted by molar-refractivity contribution is 0.102. The monoisotopic (exact) mass is 352 g/mol. The largest absolute Gasteiger partial charge is 0.319 e. The predicted molar refractivity (Wildman–Crippen MR) is 102 cm³/mol. The minimum absolute atomic E-state index is 0.165. The van der Waals surface area contributed by atoms with Crippen molar-refractivity contribution in [3.05, 3.63) is 65.1 Å². The molecule has 128 valence electrons. The SMILES string of the molecule is CSc1cc(C(=O)Nc2cnn(-c3cc(C)ccc3C)c2C)ccn1. The third-order valence-corrected chi connectivity index (χ3v) is 4.70. The molecule has 1 amide bonds. The molecule has 0 bridgehead atoms. The van der Waals surface area contributed by atoms with Gasteiger partial charge in [0.2, 0.25) is 0 Å². The minimum Gasteiger partial charge on any atom is -0.319 e. The van der Waals surface area contributed by atoms with Crippen LogP contribution in [0.4, 0.5) is 5.69 Å². The fourth-order valence-electron chi connectivity index (χ4n) is 2.58. The van der Waals surface area contributed by atoms with Gasteiger partial charge in [-0.25, -0.2) is 9.67 Å². The van der Waals surface area contributed by atoms with Crippen molar-refractivity contribution in [3.63, 3.8) is 0 Å².